The number of hydrogen-bond donors (Lipinski definition) is 3. The number of nitrogens with one attached hydrogen (secondary N) is 2. The minimum absolute atomic E-state index is 0. The Kier molecular flexibility index (Phi) is 11.0. The van der Waals surface area contributed by atoms with Crippen LogP contribution in [0.4, 0.5) is 4.39 Å². The van der Waals surface area contributed by atoms with Gasteiger partial charge in [-0.2, -0.15) is 0 Å². The van der Waals surface area contributed by atoms with Gasteiger partial charge >= 0.3 is 0 Å². The van der Waals surface area contributed by atoms with E-state index in [1.54, 1.807) is 19.2 Å². The monoisotopic (exact) mass is 515 g/mol. The van der Waals surface area contributed by atoms with Crippen LogP contribution in [-0.4, -0.2) is 24.7 Å². The molecule has 2 rings (SSSR count). The van der Waals surface area contributed by atoms with E-state index in [2.05, 4.69) is 36.4 Å². The summed E-state index contributed by atoms with van der Waals surface area (Å²) in [5.41, 5.74) is 2.27. The van der Waals surface area contributed by atoms with E-state index in [9.17, 15) is 9.50 Å². The molecule has 0 aliphatic rings. The normalized spacial score (nSPS) is 12.3. The Morgan fingerprint density at radius 3 is 2.41 bits per heavy atom. The molecular formula is C22H31FIN3O2. The molecule has 0 aliphatic heterocycles. The lowest BCUT2D eigenvalue weighted by Crippen LogP contribution is -2.38. The molecule has 0 saturated heterocycles. The number of hydrogen-bond acceptors (Lipinski definition) is 3. The van der Waals surface area contributed by atoms with Crippen LogP contribution in [0.15, 0.2) is 47.5 Å². The van der Waals surface area contributed by atoms with Crippen molar-refractivity contribution < 1.29 is 14.2 Å². The molecule has 0 saturated carbocycles. The number of benzene rings is 2. The third-order valence-electron chi connectivity index (χ3n) is 4.28. The minimum Gasteiger partial charge on any atom is -0.493 e. The Bertz CT molecular complexity index is 782. The standard InChI is InChI=1S/C22H30FN3O2.HI/c1-15(2)14-28-20-8-6-18(7-9-20)16(3)26-22(24-4)25-12-17-5-10-21(23)19(11-17)13-27;/h5-11,15-16,27H,12-14H2,1-4H3,(H2,24,25,26);1H. The third-order valence-corrected chi connectivity index (χ3v) is 4.28. The smallest absolute Gasteiger partial charge is 0.191 e. The van der Waals surface area contributed by atoms with Crippen molar-refractivity contribution in [2.75, 3.05) is 13.7 Å². The molecule has 0 amide bonds. The molecule has 160 valence electrons. The van der Waals surface area contributed by atoms with Gasteiger partial charge in [0.05, 0.1) is 19.3 Å². The Morgan fingerprint density at radius 2 is 1.83 bits per heavy atom. The van der Waals surface area contributed by atoms with Crippen LogP contribution in [-0.2, 0) is 13.2 Å². The van der Waals surface area contributed by atoms with E-state index in [1.165, 1.54) is 6.07 Å². The first-order valence-corrected chi connectivity index (χ1v) is 9.51. The number of halogens is 2. The second-order valence-electron chi connectivity index (χ2n) is 7.15. The first kappa shape index (κ1) is 25.2. The molecule has 2 aromatic carbocycles. The van der Waals surface area contributed by atoms with Gasteiger partial charge in [0.25, 0.3) is 0 Å². The van der Waals surface area contributed by atoms with Crippen LogP contribution in [0, 0.1) is 11.7 Å². The van der Waals surface area contributed by atoms with Gasteiger partial charge in [0, 0.05) is 19.2 Å². The predicted octanol–water partition coefficient (Wildman–Crippen LogP) is 4.40. The molecule has 0 aromatic heterocycles. The van der Waals surface area contributed by atoms with Crippen molar-refractivity contribution in [3.05, 3.63) is 65.0 Å². The first-order chi connectivity index (χ1) is 13.4. The molecule has 3 N–H and O–H groups in total. The van der Waals surface area contributed by atoms with Crippen molar-refractivity contribution in [2.24, 2.45) is 10.9 Å². The average Bonchev–Trinajstić information content (AvgIpc) is 2.70. The van der Waals surface area contributed by atoms with E-state index in [-0.39, 0.29) is 42.2 Å². The zero-order valence-corrected chi connectivity index (χ0v) is 19.7. The van der Waals surface area contributed by atoms with Gasteiger partial charge in [-0.1, -0.05) is 32.0 Å². The van der Waals surface area contributed by atoms with Crippen molar-refractivity contribution in [3.8, 4) is 5.75 Å². The lowest BCUT2D eigenvalue weighted by Gasteiger charge is -2.19. The first-order valence-electron chi connectivity index (χ1n) is 9.51. The fourth-order valence-electron chi connectivity index (χ4n) is 2.64. The Balaban J connectivity index is 0.00000420. The lowest BCUT2D eigenvalue weighted by molar-refractivity contribution is 0.271. The fraction of sp³-hybridized carbons (Fsp3) is 0.409. The highest BCUT2D eigenvalue weighted by molar-refractivity contribution is 14.0. The molecule has 0 radical (unpaired) electrons. The van der Waals surface area contributed by atoms with Gasteiger partial charge in [0.2, 0.25) is 0 Å². The molecule has 1 unspecified atom stereocenters. The van der Waals surface area contributed by atoms with Crippen LogP contribution in [0.25, 0.3) is 0 Å². The number of nitrogens with zero attached hydrogens (tertiary/aromatic N) is 1. The minimum atomic E-state index is -0.400. The van der Waals surface area contributed by atoms with E-state index < -0.39 is 5.82 Å². The number of aliphatic hydroxyl groups is 1. The van der Waals surface area contributed by atoms with E-state index >= 15 is 0 Å². The second-order valence-corrected chi connectivity index (χ2v) is 7.15. The summed E-state index contributed by atoms with van der Waals surface area (Å²) in [7, 11) is 1.70. The van der Waals surface area contributed by atoms with Crippen molar-refractivity contribution >= 4 is 29.9 Å². The third kappa shape index (κ3) is 8.18. The van der Waals surface area contributed by atoms with Gasteiger partial charge in [0.15, 0.2) is 5.96 Å². The van der Waals surface area contributed by atoms with Crippen LogP contribution in [0.5, 0.6) is 5.75 Å². The number of rotatable bonds is 8. The maximum absolute atomic E-state index is 13.5. The summed E-state index contributed by atoms with van der Waals surface area (Å²) >= 11 is 0. The maximum atomic E-state index is 13.5. The molecule has 0 spiro atoms. The summed E-state index contributed by atoms with van der Waals surface area (Å²) in [5, 5.41) is 15.7. The number of guanidine groups is 1. The van der Waals surface area contributed by atoms with Crippen molar-refractivity contribution in [2.45, 2.75) is 40.0 Å². The zero-order valence-electron chi connectivity index (χ0n) is 17.4. The van der Waals surface area contributed by atoms with Crippen LogP contribution in [0.3, 0.4) is 0 Å². The van der Waals surface area contributed by atoms with Crippen molar-refractivity contribution in [3.63, 3.8) is 0 Å². The highest BCUT2D eigenvalue weighted by atomic mass is 127. The van der Waals surface area contributed by atoms with E-state index in [4.69, 9.17) is 4.74 Å². The highest BCUT2D eigenvalue weighted by Crippen LogP contribution is 2.18. The molecule has 0 bridgehead atoms. The van der Waals surface area contributed by atoms with Crippen molar-refractivity contribution in [1.29, 1.82) is 0 Å². The van der Waals surface area contributed by atoms with Crippen LogP contribution in [0.1, 0.15) is 43.5 Å². The SMILES string of the molecule is CN=C(NCc1ccc(F)c(CO)c1)NC(C)c1ccc(OCC(C)C)cc1.I. The maximum Gasteiger partial charge on any atom is 0.191 e. The van der Waals surface area contributed by atoms with Gasteiger partial charge in [-0.05, 0) is 48.2 Å². The Hall–Kier alpha value is -1.87. The van der Waals surface area contributed by atoms with Crippen LogP contribution < -0.4 is 15.4 Å². The van der Waals surface area contributed by atoms with Gasteiger partial charge in [-0.3, -0.25) is 4.99 Å². The second kappa shape index (κ2) is 12.6. The summed E-state index contributed by atoms with van der Waals surface area (Å²) in [5.74, 6) is 1.60. The summed E-state index contributed by atoms with van der Waals surface area (Å²) < 4.78 is 19.2. The Labute approximate surface area is 189 Å². The lowest BCUT2D eigenvalue weighted by atomic mass is 10.1. The summed E-state index contributed by atoms with van der Waals surface area (Å²) in [4.78, 5) is 4.24. The summed E-state index contributed by atoms with van der Waals surface area (Å²) in [6.07, 6.45) is 0. The molecule has 1 atom stereocenters. The molecule has 0 fully saturated rings. The van der Waals surface area contributed by atoms with Gasteiger partial charge in [0.1, 0.15) is 11.6 Å². The molecule has 5 nitrogen and oxygen atoms in total. The zero-order chi connectivity index (χ0) is 20.5. The predicted molar refractivity (Wildman–Crippen MR) is 126 cm³/mol. The molecule has 2 aromatic rings. The van der Waals surface area contributed by atoms with Crippen LogP contribution in [0.2, 0.25) is 0 Å². The van der Waals surface area contributed by atoms with E-state index in [1.807, 2.05) is 24.3 Å². The number of ether oxygens (including phenoxy) is 1. The quantitative estimate of drug-likeness (QED) is 0.277. The van der Waals surface area contributed by atoms with Crippen LogP contribution >= 0.6 is 24.0 Å². The summed E-state index contributed by atoms with van der Waals surface area (Å²) in [6, 6.07) is 12.8. The molecule has 7 heteroatoms. The largest absolute Gasteiger partial charge is 0.493 e. The van der Waals surface area contributed by atoms with E-state index in [0.29, 0.717) is 25.0 Å². The van der Waals surface area contributed by atoms with Crippen molar-refractivity contribution in [1.82, 2.24) is 10.6 Å². The fourth-order valence-corrected chi connectivity index (χ4v) is 2.64. The highest BCUT2D eigenvalue weighted by Gasteiger charge is 2.09. The van der Waals surface area contributed by atoms with E-state index in [0.717, 1.165) is 16.9 Å². The number of aliphatic hydroxyl groups excluding tert-OH is 1. The van der Waals surface area contributed by atoms with Gasteiger partial charge < -0.3 is 20.5 Å². The number of aliphatic imine (C=N–C) groups is 1. The average molecular weight is 515 g/mol. The summed E-state index contributed by atoms with van der Waals surface area (Å²) in [6.45, 7) is 7.15. The molecule has 0 aliphatic carbocycles. The molecule has 0 heterocycles. The van der Waals surface area contributed by atoms with Gasteiger partial charge in [-0.15, -0.1) is 24.0 Å². The molecule has 29 heavy (non-hydrogen) atoms. The molecular weight excluding hydrogens is 484 g/mol. The Morgan fingerprint density at radius 1 is 1.14 bits per heavy atom. The van der Waals surface area contributed by atoms with Gasteiger partial charge in [-0.25, -0.2) is 4.39 Å². The topological polar surface area (TPSA) is 65.9 Å².